The van der Waals surface area contributed by atoms with E-state index in [1.54, 1.807) is 6.08 Å². The molecule has 120 valence electrons. The molecule has 0 unspecified atom stereocenters. The maximum Gasteiger partial charge on any atom is 0.278 e. The Balaban J connectivity index is 2.04. The summed E-state index contributed by atoms with van der Waals surface area (Å²) >= 11 is 0. The summed E-state index contributed by atoms with van der Waals surface area (Å²) in [7, 11) is 0. The van der Waals surface area contributed by atoms with Crippen molar-refractivity contribution in [3.05, 3.63) is 54.2 Å². The van der Waals surface area contributed by atoms with E-state index in [0.717, 1.165) is 31.5 Å². The normalized spacial score (nSPS) is 19.7. The van der Waals surface area contributed by atoms with Gasteiger partial charge in [0.1, 0.15) is 5.70 Å². The van der Waals surface area contributed by atoms with Crippen molar-refractivity contribution < 1.29 is 9.59 Å². The van der Waals surface area contributed by atoms with Gasteiger partial charge in [0.2, 0.25) is 0 Å². The Morgan fingerprint density at radius 2 is 1.78 bits per heavy atom. The number of carbonyl (C=O) groups excluding carboxylic acids is 2. The van der Waals surface area contributed by atoms with Gasteiger partial charge in [-0.25, -0.2) is 0 Å². The van der Waals surface area contributed by atoms with Crippen LogP contribution in [0, 0.1) is 5.92 Å². The molecule has 1 saturated heterocycles. The van der Waals surface area contributed by atoms with Crippen LogP contribution in [0.2, 0.25) is 0 Å². The Morgan fingerprint density at radius 1 is 1.13 bits per heavy atom. The van der Waals surface area contributed by atoms with E-state index in [2.05, 4.69) is 18.4 Å². The first-order valence-electron chi connectivity index (χ1n) is 8.15. The number of rotatable bonds is 4. The molecule has 0 radical (unpaired) electrons. The lowest BCUT2D eigenvalue weighted by Gasteiger charge is -2.32. The number of hydrogen-bond acceptors (Lipinski definition) is 3. The first-order valence-corrected chi connectivity index (χ1v) is 8.15. The topological polar surface area (TPSA) is 40.6 Å². The SMILES string of the molecule is C=CCN1C(=O)C(c2ccccc2)=C(N2CCC(C)CC2)C1=O. The zero-order valence-electron chi connectivity index (χ0n) is 13.5. The van der Waals surface area contributed by atoms with Gasteiger partial charge in [-0.15, -0.1) is 6.58 Å². The summed E-state index contributed by atoms with van der Waals surface area (Å²) in [6.45, 7) is 7.80. The zero-order chi connectivity index (χ0) is 16.4. The summed E-state index contributed by atoms with van der Waals surface area (Å²) in [5.74, 6) is 0.265. The van der Waals surface area contributed by atoms with Crippen molar-refractivity contribution in [1.29, 1.82) is 0 Å². The number of carbonyl (C=O) groups is 2. The van der Waals surface area contributed by atoms with Gasteiger partial charge in [-0.2, -0.15) is 0 Å². The van der Waals surface area contributed by atoms with Gasteiger partial charge in [0.25, 0.3) is 11.8 Å². The van der Waals surface area contributed by atoms with Crippen LogP contribution in [-0.4, -0.2) is 41.2 Å². The quantitative estimate of drug-likeness (QED) is 0.634. The number of benzene rings is 1. The fourth-order valence-electron chi connectivity index (χ4n) is 3.25. The molecule has 3 rings (SSSR count). The molecule has 2 aliphatic rings. The number of piperidine rings is 1. The molecule has 2 heterocycles. The second-order valence-electron chi connectivity index (χ2n) is 6.27. The van der Waals surface area contributed by atoms with Gasteiger partial charge < -0.3 is 4.90 Å². The lowest BCUT2D eigenvalue weighted by molar-refractivity contribution is -0.137. The summed E-state index contributed by atoms with van der Waals surface area (Å²) in [5, 5.41) is 0. The number of imide groups is 1. The van der Waals surface area contributed by atoms with Crippen molar-refractivity contribution in [3.63, 3.8) is 0 Å². The third kappa shape index (κ3) is 2.81. The van der Waals surface area contributed by atoms with Crippen LogP contribution in [0.25, 0.3) is 5.57 Å². The first kappa shape index (κ1) is 15.5. The van der Waals surface area contributed by atoms with Gasteiger partial charge in [0.05, 0.1) is 5.57 Å². The van der Waals surface area contributed by atoms with E-state index < -0.39 is 0 Å². The fraction of sp³-hybridized carbons (Fsp3) is 0.368. The number of amides is 2. The third-order valence-corrected chi connectivity index (χ3v) is 4.62. The highest BCUT2D eigenvalue weighted by Gasteiger charge is 2.41. The molecule has 0 bridgehead atoms. The Labute approximate surface area is 137 Å². The van der Waals surface area contributed by atoms with Crippen molar-refractivity contribution in [3.8, 4) is 0 Å². The van der Waals surface area contributed by atoms with Crippen molar-refractivity contribution in [2.24, 2.45) is 5.92 Å². The van der Waals surface area contributed by atoms with Gasteiger partial charge in [-0.3, -0.25) is 14.5 Å². The molecule has 0 atom stereocenters. The zero-order valence-corrected chi connectivity index (χ0v) is 13.5. The highest BCUT2D eigenvalue weighted by Crippen LogP contribution is 2.33. The second-order valence-corrected chi connectivity index (χ2v) is 6.27. The van der Waals surface area contributed by atoms with E-state index in [4.69, 9.17) is 0 Å². The molecule has 2 aliphatic heterocycles. The van der Waals surface area contributed by atoms with Crippen LogP contribution in [-0.2, 0) is 9.59 Å². The largest absolute Gasteiger partial charge is 0.366 e. The van der Waals surface area contributed by atoms with Gasteiger partial charge in [-0.1, -0.05) is 43.3 Å². The molecule has 2 amide bonds. The average Bonchev–Trinajstić information content (AvgIpc) is 2.81. The second kappa shape index (κ2) is 6.41. The van der Waals surface area contributed by atoms with Crippen LogP contribution in [0.3, 0.4) is 0 Å². The van der Waals surface area contributed by atoms with Gasteiger partial charge in [-0.05, 0) is 24.3 Å². The molecular formula is C19H22N2O2. The predicted octanol–water partition coefficient (Wildman–Crippen LogP) is 2.68. The predicted molar refractivity (Wildman–Crippen MR) is 90.3 cm³/mol. The van der Waals surface area contributed by atoms with E-state index in [-0.39, 0.29) is 18.4 Å². The summed E-state index contributed by atoms with van der Waals surface area (Å²) in [6, 6.07) is 9.49. The Hall–Kier alpha value is -2.36. The summed E-state index contributed by atoms with van der Waals surface area (Å²) < 4.78 is 0. The lowest BCUT2D eigenvalue weighted by atomic mass is 9.97. The number of nitrogens with zero attached hydrogens (tertiary/aromatic N) is 2. The molecule has 4 heteroatoms. The molecule has 1 fully saturated rings. The van der Waals surface area contributed by atoms with E-state index >= 15 is 0 Å². The minimum Gasteiger partial charge on any atom is -0.366 e. The minimum atomic E-state index is -0.213. The smallest absolute Gasteiger partial charge is 0.278 e. The number of likely N-dealkylation sites (tertiary alicyclic amines) is 1. The first-order chi connectivity index (χ1) is 11.1. The minimum absolute atomic E-state index is 0.191. The number of hydrogen-bond donors (Lipinski definition) is 0. The Bertz CT molecular complexity index is 655. The standard InChI is InChI=1S/C19H22N2O2/c1-3-11-21-18(22)16(15-7-5-4-6-8-15)17(19(21)23)20-12-9-14(2)10-13-20/h3-8,14H,1,9-13H2,2H3. The van der Waals surface area contributed by atoms with Crippen LogP contribution in [0.4, 0.5) is 0 Å². The summed E-state index contributed by atoms with van der Waals surface area (Å²) in [6.07, 6.45) is 3.70. The van der Waals surface area contributed by atoms with Crippen LogP contribution in [0.15, 0.2) is 48.7 Å². The van der Waals surface area contributed by atoms with Gasteiger partial charge in [0.15, 0.2) is 0 Å². The van der Waals surface area contributed by atoms with Crippen molar-refractivity contribution in [2.75, 3.05) is 19.6 Å². The molecule has 0 aliphatic carbocycles. The van der Waals surface area contributed by atoms with Crippen molar-refractivity contribution in [1.82, 2.24) is 9.80 Å². The van der Waals surface area contributed by atoms with Crippen molar-refractivity contribution >= 4 is 17.4 Å². The molecule has 23 heavy (non-hydrogen) atoms. The van der Waals surface area contributed by atoms with Gasteiger partial charge in [0, 0.05) is 19.6 Å². The highest BCUT2D eigenvalue weighted by atomic mass is 16.2. The van der Waals surface area contributed by atoms with Crippen LogP contribution in [0.5, 0.6) is 0 Å². The molecule has 0 N–H and O–H groups in total. The monoisotopic (exact) mass is 310 g/mol. The fourth-order valence-corrected chi connectivity index (χ4v) is 3.25. The van der Waals surface area contributed by atoms with Crippen molar-refractivity contribution in [2.45, 2.75) is 19.8 Å². The Morgan fingerprint density at radius 3 is 2.39 bits per heavy atom. The Kier molecular flexibility index (Phi) is 4.33. The van der Waals surface area contributed by atoms with E-state index in [9.17, 15) is 9.59 Å². The molecule has 0 saturated carbocycles. The maximum atomic E-state index is 12.8. The summed E-state index contributed by atoms with van der Waals surface area (Å²) in [5.41, 5.74) is 1.91. The van der Waals surface area contributed by atoms with E-state index in [1.165, 1.54) is 4.90 Å². The van der Waals surface area contributed by atoms with E-state index in [1.807, 2.05) is 30.3 Å². The molecule has 0 aromatic heterocycles. The van der Waals surface area contributed by atoms with Gasteiger partial charge >= 0.3 is 0 Å². The molecular weight excluding hydrogens is 288 g/mol. The van der Waals surface area contributed by atoms with E-state index in [0.29, 0.717) is 17.2 Å². The van der Waals surface area contributed by atoms with Crippen LogP contribution in [0.1, 0.15) is 25.3 Å². The third-order valence-electron chi connectivity index (χ3n) is 4.62. The highest BCUT2D eigenvalue weighted by molar-refractivity contribution is 6.35. The van der Waals surface area contributed by atoms with Crippen LogP contribution < -0.4 is 0 Å². The average molecular weight is 310 g/mol. The molecule has 1 aromatic carbocycles. The van der Waals surface area contributed by atoms with Crippen LogP contribution >= 0.6 is 0 Å². The molecule has 0 spiro atoms. The molecule has 1 aromatic rings. The molecule has 4 nitrogen and oxygen atoms in total. The maximum absolute atomic E-state index is 12.8. The summed E-state index contributed by atoms with van der Waals surface area (Å²) in [4.78, 5) is 29.0. The lowest BCUT2D eigenvalue weighted by Crippen LogP contribution is -2.38.